The van der Waals surface area contributed by atoms with Crippen LogP contribution in [0.2, 0.25) is 0 Å². The van der Waals surface area contributed by atoms with Gasteiger partial charge in [-0.1, -0.05) is 0 Å². The number of hydrogen-bond acceptors (Lipinski definition) is 4. The Balaban J connectivity index is 2.49. The van der Waals surface area contributed by atoms with Crippen molar-refractivity contribution in [1.82, 2.24) is 10.3 Å². The molecule has 2 N–H and O–H groups in total. The first kappa shape index (κ1) is 11.4. The second-order valence-electron chi connectivity index (χ2n) is 2.60. The number of aromatic nitrogens is 1. The smallest absolute Gasteiger partial charge is 0.394 e. The Morgan fingerprint density at radius 3 is 2.71 bits per heavy atom. The fraction of sp³-hybridized carbons (Fsp3) is 0.571. The van der Waals surface area contributed by atoms with Gasteiger partial charge < -0.3 is 5.11 Å². The summed E-state index contributed by atoms with van der Waals surface area (Å²) in [5.41, 5.74) is 0. The van der Waals surface area contributed by atoms with Gasteiger partial charge in [-0.25, -0.2) is 4.98 Å². The molecular formula is C7H9F3N2OS. The standard InChI is InChI=1S/C7H9F3N2OS/c8-7(9,10)4-12-5(3-13)6-11-1-2-14-6/h1-2,5,12-13H,3-4H2. The van der Waals surface area contributed by atoms with E-state index in [2.05, 4.69) is 10.3 Å². The molecule has 0 fully saturated rings. The SMILES string of the molecule is OCC(NCC(F)(F)F)c1nccs1. The van der Waals surface area contributed by atoms with Gasteiger partial charge in [0.15, 0.2) is 0 Å². The lowest BCUT2D eigenvalue weighted by molar-refractivity contribution is -0.126. The summed E-state index contributed by atoms with van der Waals surface area (Å²) in [5, 5.41) is 13.1. The molecule has 0 amide bonds. The van der Waals surface area contributed by atoms with Gasteiger partial charge in [-0.15, -0.1) is 11.3 Å². The molecular weight excluding hydrogens is 217 g/mol. The number of aliphatic hydroxyl groups excluding tert-OH is 1. The highest BCUT2D eigenvalue weighted by atomic mass is 32.1. The lowest BCUT2D eigenvalue weighted by Gasteiger charge is -2.14. The first-order chi connectivity index (χ1) is 6.53. The fourth-order valence-corrected chi connectivity index (χ4v) is 1.58. The van der Waals surface area contributed by atoms with Crippen molar-refractivity contribution in [2.24, 2.45) is 0 Å². The van der Waals surface area contributed by atoms with Gasteiger partial charge in [0.2, 0.25) is 0 Å². The van der Waals surface area contributed by atoms with Gasteiger partial charge in [-0.05, 0) is 0 Å². The number of aliphatic hydroxyl groups is 1. The predicted molar refractivity (Wildman–Crippen MR) is 46.0 cm³/mol. The molecule has 0 radical (unpaired) electrons. The molecule has 80 valence electrons. The lowest BCUT2D eigenvalue weighted by Crippen LogP contribution is -2.33. The highest BCUT2D eigenvalue weighted by Crippen LogP contribution is 2.18. The van der Waals surface area contributed by atoms with E-state index in [1.807, 2.05) is 0 Å². The minimum absolute atomic E-state index is 0.399. The average molecular weight is 226 g/mol. The predicted octanol–water partition coefficient (Wildman–Crippen LogP) is 1.33. The van der Waals surface area contributed by atoms with Crippen LogP contribution in [-0.2, 0) is 0 Å². The van der Waals surface area contributed by atoms with Crippen molar-refractivity contribution >= 4 is 11.3 Å². The highest BCUT2D eigenvalue weighted by molar-refractivity contribution is 7.09. The summed E-state index contributed by atoms with van der Waals surface area (Å²) < 4.78 is 35.5. The summed E-state index contributed by atoms with van der Waals surface area (Å²) in [5.74, 6) is 0. The van der Waals surface area contributed by atoms with E-state index in [4.69, 9.17) is 5.11 Å². The molecule has 0 aromatic carbocycles. The summed E-state index contributed by atoms with van der Waals surface area (Å²) in [4.78, 5) is 3.82. The summed E-state index contributed by atoms with van der Waals surface area (Å²) in [6.07, 6.45) is -2.79. The van der Waals surface area contributed by atoms with E-state index in [9.17, 15) is 13.2 Å². The van der Waals surface area contributed by atoms with Crippen molar-refractivity contribution in [1.29, 1.82) is 0 Å². The molecule has 1 rings (SSSR count). The first-order valence-electron chi connectivity index (χ1n) is 3.83. The summed E-state index contributed by atoms with van der Waals surface area (Å²) in [6, 6.07) is -0.739. The molecule has 1 unspecified atom stereocenters. The summed E-state index contributed by atoms with van der Waals surface area (Å²) >= 11 is 1.21. The summed E-state index contributed by atoms with van der Waals surface area (Å²) in [7, 11) is 0. The summed E-state index contributed by atoms with van der Waals surface area (Å²) in [6.45, 7) is -1.53. The van der Waals surface area contributed by atoms with Crippen molar-refractivity contribution in [2.45, 2.75) is 12.2 Å². The molecule has 0 bridgehead atoms. The quantitative estimate of drug-likeness (QED) is 0.814. The zero-order chi connectivity index (χ0) is 10.6. The molecule has 0 saturated heterocycles. The number of hydrogen-bond donors (Lipinski definition) is 2. The third kappa shape index (κ3) is 3.60. The van der Waals surface area contributed by atoms with Crippen LogP contribution in [0.3, 0.4) is 0 Å². The van der Waals surface area contributed by atoms with Crippen molar-refractivity contribution < 1.29 is 18.3 Å². The van der Waals surface area contributed by atoms with Crippen LogP contribution in [0, 0.1) is 0 Å². The molecule has 0 aliphatic heterocycles. The van der Waals surface area contributed by atoms with Gasteiger partial charge in [0, 0.05) is 11.6 Å². The van der Waals surface area contributed by atoms with Gasteiger partial charge in [0.05, 0.1) is 19.2 Å². The second kappa shape index (κ2) is 4.72. The molecule has 1 atom stereocenters. The minimum Gasteiger partial charge on any atom is -0.394 e. The molecule has 1 aromatic rings. The fourth-order valence-electron chi connectivity index (χ4n) is 0.875. The van der Waals surface area contributed by atoms with Crippen molar-refractivity contribution in [3.8, 4) is 0 Å². The number of alkyl halides is 3. The number of nitrogens with zero attached hydrogens (tertiary/aromatic N) is 1. The van der Waals surface area contributed by atoms with Crippen molar-refractivity contribution in [3.05, 3.63) is 16.6 Å². The molecule has 1 aromatic heterocycles. The molecule has 7 heteroatoms. The zero-order valence-corrected chi connectivity index (χ0v) is 7.90. The van der Waals surface area contributed by atoms with E-state index in [1.54, 1.807) is 5.38 Å². The maximum Gasteiger partial charge on any atom is 0.401 e. The molecule has 0 saturated carbocycles. The number of thiazole rings is 1. The van der Waals surface area contributed by atoms with Crippen molar-refractivity contribution in [3.63, 3.8) is 0 Å². The third-order valence-corrected chi connectivity index (χ3v) is 2.37. The monoisotopic (exact) mass is 226 g/mol. The minimum atomic E-state index is -4.27. The highest BCUT2D eigenvalue weighted by Gasteiger charge is 2.28. The van der Waals surface area contributed by atoms with Crippen LogP contribution < -0.4 is 5.32 Å². The number of rotatable bonds is 4. The Bertz CT molecular complexity index is 262. The van der Waals surface area contributed by atoms with E-state index >= 15 is 0 Å². The van der Waals surface area contributed by atoms with Gasteiger partial charge in [-0.3, -0.25) is 5.32 Å². The van der Waals surface area contributed by atoms with Crippen LogP contribution in [0.25, 0.3) is 0 Å². The Labute approximate surface area is 82.6 Å². The van der Waals surface area contributed by atoms with Crippen molar-refractivity contribution in [2.75, 3.05) is 13.2 Å². The largest absolute Gasteiger partial charge is 0.401 e. The van der Waals surface area contributed by atoms with Crippen LogP contribution in [-0.4, -0.2) is 29.4 Å². The molecule has 0 aliphatic rings. The van der Waals surface area contributed by atoms with Crippen LogP contribution >= 0.6 is 11.3 Å². The zero-order valence-electron chi connectivity index (χ0n) is 7.08. The number of nitrogens with one attached hydrogen (secondary N) is 1. The second-order valence-corrected chi connectivity index (χ2v) is 3.53. The first-order valence-corrected chi connectivity index (χ1v) is 4.71. The maximum atomic E-state index is 11.8. The lowest BCUT2D eigenvalue weighted by atomic mass is 10.3. The van der Waals surface area contributed by atoms with Gasteiger partial charge in [0.1, 0.15) is 5.01 Å². The third-order valence-electron chi connectivity index (χ3n) is 1.48. The Morgan fingerprint density at radius 1 is 1.57 bits per heavy atom. The Hall–Kier alpha value is -0.660. The van der Waals surface area contributed by atoms with Crippen LogP contribution in [0.15, 0.2) is 11.6 Å². The maximum absolute atomic E-state index is 11.8. The van der Waals surface area contributed by atoms with Crippen LogP contribution in [0.5, 0.6) is 0 Å². The molecule has 14 heavy (non-hydrogen) atoms. The van der Waals surface area contributed by atoms with E-state index in [0.29, 0.717) is 5.01 Å². The average Bonchev–Trinajstić information content (AvgIpc) is 2.56. The van der Waals surface area contributed by atoms with Crippen LogP contribution in [0.1, 0.15) is 11.0 Å². The van der Waals surface area contributed by atoms with Gasteiger partial charge in [0.25, 0.3) is 0 Å². The number of halogens is 3. The van der Waals surface area contributed by atoms with E-state index in [-0.39, 0.29) is 0 Å². The Morgan fingerprint density at radius 2 is 2.29 bits per heavy atom. The van der Waals surface area contributed by atoms with Gasteiger partial charge in [-0.2, -0.15) is 13.2 Å². The molecule has 0 aliphatic carbocycles. The molecule has 3 nitrogen and oxygen atoms in total. The van der Waals surface area contributed by atoms with E-state index < -0.39 is 25.4 Å². The van der Waals surface area contributed by atoms with E-state index in [0.717, 1.165) is 0 Å². The Kier molecular flexibility index (Phi) is 3.85. The molecule has 0 spiro atoms. The topological polar surface area (TPSA) is 45.1 Å². The van der Waals surface area contributed by atoms with Crippen LogP contribution in [0.4, 0.5) is 13.2 Å². The normalized spacial score (nSPS) is 14.3. The van der Waals surface area contributed by atoms with E-state index in [1.165, 1.54) is 17.5 Å². The van der Waals surface area contributed by atoms with Gasteiger partial charge >= 0.3 is 6.18 Å². The molecule has 1 heterocycles.